The maximum atomic E-state index is 9.27. The maximum absolute atomic E-state index is 9.27. The Morgan fingerprint density at radius 3 is 2.90 bits per heavy atom. The lowest BCUT2D eigenvalue weighted by molar-refractivity contribution is -0.0972. The molecule has 1 saturated heterocycles. The van der Waals surface area contributed by atoms with Gasteiger partial charge in [-0.1, -0.05) is 6.07 Å². The van der Waals surface area contributed by atoms with Crippen molar-refractivity contribution < 1.29 is 14.6 Å². The second-order valence-electron chi connectivity index (χ2n) is 5.39. The Kier molecular flexibility index (Phi) is 5.17. The molecule has 1 aromatic carbocycles. The third-order valence-corrected chi connectivity index (χ3v) is 3.57. The van der Waals surface area contributed by atoms with Gasteiger partial charge in [0.2, 0.25) is 0 Å². The van der Waals surface area contributed by atoms with E-state index in [2.05, 4.69) is 4.90 Å². The van der Waals surface area contributed by atoms with E-state index in [-0.39, 0.29) is 24.7 Å². The molecule has 2 atom stereocenters. The molecular weight excluding hydrogens is 270 g/mol. The molecule has 0 spiro atoms. The molecule has 21 heavy (non-hydrogen) atoms. The number of morpholine rings is 1. The van der Waals surface area contributed by atoms with Crippen LogP contribution in [0.25, 0.3) is 0 Å². The lowest BCUT2D eigenvalue weighted by Gasteiger charge is -2.36. The van der Waals surface area contributed by atoms with Gasteiger partial charge in [0.1, 0.15) is 11.6 Å². The number of amidine groups is 1. The second kappa shape index (κ2) is 6.89. The van der Waals surface area contributed by atoms with Gasteiger partial charge in [-0.2, -0.15) is 0 Å². The molecule has 2 unspecified atom stereocenters. The molecule has 0 saturated carbocycles. The number of benzene rings is 1. The molecule has 6 nitrogen and oxygen atoms in total. The van der Waals surface area contributed by atoms with E-state index >= 15 is 0 Å². The number of aliphatic hydroxyl groups excluding tert-OH is 1. The van der Waals surface area contributed by atoms with E-state index in [1.807, 2.05) is 25.1 Å². The third-order valence-electron chi connectivity index (χ3n) is 3.57. The Bertz CT molecular complexity index is 507. The topological polar surface area (TPSA) is 91.8 Å². The SMILES string of the molecule is COc1ccc(CN2CC(C)OC(CO)C2)cc1C(=N)N. The summed E-state index contributed by atoms with van der Waals surface area (Å²) in [5.41, 5.74) is 7.26. The highest BCUT2D eigenvalue weighted by Crippen LogP contribution is 2.21. The zero-order chi connectivity index (χ0) is 15.4. The summed E-state index contributed by atoms with van der Waals surface area (Å²) in [5, 5.41) is 16.9. The number of nitrogens with two attached hydrogens (primary N) is 1. The van der Waals surface area contributed by atoms with Gasteiger partial charge in [0.25, 0.3) is 0 Å². The summed E-state index contributed by atoms with van der Waals surface area (Å²) in [6, 6.07) is 5.69. The van der Waals surface area contributed by atoms with Crippen molar-refractivity contribution in [2.45, 2.75) is 25.7 Å². The molecule has 116 valence electrons. The van der Waals surface area contributed by atoms with E-state index in [1.54, 1.807) is 7.11 Å². The van der Waals surface area contributed by atoms with E-state index in [1.165, 1.54) is 0 Å². The van der Waals surface area contributed by atoms with Crippen LogP contribution in [0, 0.1) is 5.41 Å². The first-order valence-corrected chi connectivity index (χ1v) is 7.03. The van der Waals surface area contributed by atoms with Crippen molar-refractivity contribution in [3.8, 4) is 5.75 Å². The summed E-state index contributed by atoms with van der Waals surface area (Å²) in [6.45, 7) is 4.28. The molecule has 1 heterocycles. The second-order valence-corrected chi connectivity index (χ2v) is 5.39. The molecule has 1 fully saturated rings. The van der Waals surface area contributed by atoms with Crippen LogP contribution in [0.2, 0.25) is 0 Å². The lowest BCUT2D eigenvalue weighted by Crippen LogP contribution is -2.47. The minimum Gasteiger partial charge on any atom is -0.496 e. The van der Waals surface area contributed by atoms with Crippen LogP contribution in [0.4, 0.5) is 0 Å². The molecular formula is C15H23N3O3. The highest BCUT2D eigenvalue weighted by molar-refractivity contribution is 5.97. The molecule has 0 aliphatic carbocycles. The van der Waals surface area contributed by atoms with E-state index in [4.69, 9.17) is 20.6 Å². The molecule has 2 rings (SSSR count). The predicted molar refractivity (Wildman–Crippen MR) is 80.7 cm³/mol. The zero-order valence-corrected chi connectivity index (χ0v) is 12.5. The normalized spacial score (nSPS) is 23.0. The lowest BCUT2D eigenvalue weighted by atomic mass is 10.1. The smallest absolute Gasteiger partial charge is 0.129 e. The van der Waals surface area contributed by atoms with Gasteiger partial charge < -0.3 is 20.3 Å². The molecule has 0 bridgehead atoms. The van der Waals surface area contributed by atoms with Crippen molar-refractivity contribution >= 4 is 5.84 Å². The van der Waals surface area contributed by atoms with Crippen LogP contribution in [0.15, 0.2) is 18.2 Å². The van der Waals surface area contributed by atoms with Crippen LogP contribution < -0.4 is 10.5 Å². The fourth-order valence-electron chi connectivity index (χ4n) is 2.69. The first-order chi connectivity index (χ1) is 10.0. The van der Waals surface area contributed by atoms with Crippen molar-refractivity contribution in [1.82, 2.24) is 4.90 Å². The van der Waals surface area contributed by atoms with Gasteiger partial charge in [0.15, 0.2) is 0 Å². The van der Waals surface area contributed by atoms with Crippen molar-refractivity contribution in [3.63, 3.8) is 0 Å². The Labute approximate surface area is 125 Å². The molecule has 0 aromatic heterocycles. The van der Waals surface area contributed by atoms with Crippen LogP contribution in [0.3, 0.4) is 0 Å². The molecule has 0 amide bonds. The first-order valence-electron chi connectivity index (χ1n) is 7.03. The Hall–Kier alpha value is -1.63. The summed E-state index contributed by atoms with van der Waals surface area (Å²) in [4.78, 5) is 2.24. The van der Waals surface area contributed by atoms with Crippen LogP contribution in [0.5, 0.6) is 5.75 Å². The van der Waals surface area contributed by atoms with Crippen LogP contribution in [0.1, 0.15) is 18.1 Å². The monoisotopic (exact) mass is 293 g/mol. The quantitative estimate of drug-likeness (QED) is 0.545. The molecule has 0 radical (unpaired) electrons. The summed E-state index contributed by atoms with van der Waals surface area (Å²) in [6.07, 6.45) is -0.0410. The number of hydrogen-bond acceptors (Lipinski definition) is 5. The molecule has 1 aromatic rings. The number of hydrogen-bond donors (Lipinski definition) is 3. The van der Waals surface area contributed by atoms with Gasteiger partial charge in [-0.3, -0.25) is 10.3 Å². The average Bonchev–Trinajstić information content (AvgIpc) is 2.46. The van der Waals surface area contributed by atoms with Crippen molar-refractivity contribution in [1.29, 1.82) is 5.41 Å². The largest absolute Gasteiger partial charge is 0.496 e. The molecule has 6 heteroatoms. The van der Waals surface area contributed by atoms with Crippen molar-refractivity contribution in [3.05, 3.63) is 29.3 Å². The van der Waals surface area contributed by atoms with E-state index in [0.29, 0.717) is 17.9 Å². The van der Waals surface area contributed by atoms with Gasteiger partial charge >= 0.3 is 0 Å². The van der Waals surface area contributed by atoms with Crippen molar-refractivity contribution in [2.24, 2.45) is 5.73 Å². The molecule has 1 aliphatic heterocycles. The summed E-state index contributed by atoms with van der Waals surface area (Å²) < 4.78 is 10.9. The number of nitrogens with zero attached hydrogens (tertiary/aromatic N) is 1. The number of nitrogen functional groups attached to an aromatic ring is 1. The summed E-state index contributed by atoms with van der Waals surface area (Å²) in [7, 11) is 1.57. The number of aliphatic hydroxyl groups is 1. The highest BCUT2D eigenvalue weighted by Gasteiger charge is 2.24. The van der Waals surface area contributed by atoms with E-state index < -0.39 is 0 Å². The highest BCUT2D eigenvalue weighted by atomic mass is 16.5. The van der Waals surface area contributed by atoms with Gasteiger partial charge in [0, 0.05) is 19.6 Å². The van der Waals surface area contributed by atoms with Gasteiger partial charge in [0.05, 0.1) is 31.5 Å². The summed E-state index contributed by atoms with van der Waals surface area (Å²) in [5.74, 6) is 0.604. The van der Waals surface area contributed by atoms with E-state index in [0.717, 1.165) is 18.7 Å². The minimum atomic E-state index is -0.140. The Balaban J connectivity index is 2.12. The fourth-order valence-corrected chi connectivity index (χ4v) is 2.69. The number of ether oxygens (including phenoxy) is 2. The maximum Gasteiger partial charge on any atom is 0.129 e. The van der Waals surface area contributed by atoms with Crippen LogP contribution in [-0.2, 0) is 11.3 Å². The fraction of sp³-hybridized carbons (Fsp3) is 0.533. The van der Waals surface area contributed by atoms with Gasteiger partial charge in [-0.15, -0.1) is 0 Å². The molecule has 4 N–H and O–H groups in total. The number of rotatable bonds is 5. The van der Waals surface area contributed by atoms with Gasteiger partial charge in [-0.25, -0.2) is 0 Å². The average molecular weight is 293 g/mol. The number of methoxy groups -OCH3 is 1. The standard InChI is InChI=1S/C15H23N3O3/c1-10-6-18(8-12(9-19)21-10)7-11-3-4-14(20-2)13(5-11)15(16)17/h3-5,10,12,19H,6-9H2,1-2H3,(H3,16,17). The van der Waals surface area contributed by atoms with Crippen LogP contribution >= 0.6 is 0 Å². The Morgan fingerprint density at radius 2 is 2.29 bits per heavy atom. The van der Waals surface area contributed by atoms with E-state index in [9.17, 15) is 5.11 Å². The Morgan fingerprint density at radius 1 is 1.52 bits per heavy atom. The predicted octanol–water partition coefficient (Wildman–Crippen LogP) is 0.561. The van der Waals surface area contributed by atoms with Crippen LogP contribution in [-0.4, -0.2) is 54.9 Å². The summed E-state index contributed by atoms with van der Waals surface area (Å²) >= 11 is 0. The minimum absolute atomic E-state index is 0.00252. The van der Waals surface area contributed by atoms with Gasteiger partial charge in [-0.05, 0) is 24.6 Å². The third kappa shape index (κ3) is 3.93. The first kappa shape index (κ1) is 15.8. The number of nitrogens with one attached hydrogen (secondary N) is 1. The zero-order valence-electron chi connectivity index (χ0n) is 12.5. The van der Waals surface area contributed by atoms with Crippen molar-refractivity contribution in [2.75, 3.05) is 26.8 Å². The molecule has 1 aliphatic rings.